The van der Waals surface area contributed by atoms with Crippen molar-refractivity contribution >= 4 is 5.69 Å². The minimum atomic E-state index is -0.188. The number of benzene rings is 1. The van der Waals surface area contributed by atoms with E-state index in [0.717, 1.165) is 12.2 Å². The highest BCUT2D eigenvalue weighted by molar-refractivity contribution is 5.45. The van der Waals surface area contributed by atoms with Crippen LogP contribution in [0, 0.1) is 5.82 Å². The summed E-state index contributed by atoms with van der Waals surface area (Å²) in [6.45, 7) is 2.95. The van der Waals surface area contributed by atoms with Gasteiger partial charge in [-0.2, -0.15) is 0 Å². The number of hydrogen-bond donors (Lipinski definition) is 1. The van der Waals surface area contributed by atoms with Crippen LogP contribution in [0.1, 0.15) is 6.92 Å². The molecule has 78 valence electrons. The van der Waals surface area contributed by atoms with E-state index in [-0.39, 0.29) is 5.82 Å². The van der Waals surface area contributed by atoms with Crippen LogP contribution in [-0.2, 0) is 0 Å². The Bertz CT molecular complexity index is 288. The molecule has 0 bridgehead atoms. The van der Waals surface area contributed by atoms with Crippen LogP contribution in [-0.4, -0.2) is 26.7 Å². The minimum Gasteiger partial charge on any atom is -0.373 e. The lowest BCUT2D eigenvalue weighted by atomic mass is 10.2. The maximum absolute atomic E-state index is 12.9. The molecule has 0 fully saturated rings. The highest BCUT2D eigenvalue weighted by Gasteiger charge is 2.05. The number of likely N-dealkylation sites (N-methyl/N-ethyl adjacent to an activating group) is 2. The van der Waals surface area contributed by atoms with Crippen LogP contribution in [0.5, 0.6) is 0 Å². The summed E-state index contributed by atoms with van der Waals surface area (Å²) in [5.74, 6) is -0.188. The van der Waals surface area contributed by atoms with Crippen molar-refractivity contribution in [1.29, 1.82) is 0 Å². The monoisotopic (exact) mass is 196 g/mol. The fourth-order valence-electron chi connectivity index (χ4n) is 1.32. The highest BCUT2D eigenvalue weighted by atomic mass is 19.1. The summed E-state index contributed by atoms with van der Waals surface area (Å²) in [4.78, 5) is 2.03. The number of halogens is 1. The van der Waals surface area contributed by atoms with E-state index in [1.165, 1.54) is 6.07 Å². The lowest BCUT2D eigenvalue weighted by molar-refractivity contribution is 0.601. The Labute approximate surface area is 84.7 Å². The summed E-state index contributed by atoms with van der Waals surface area (Å²) in [6, 6.07) is 7.03. The second kappa shape index (κ2) is 4.96. The lowest BCUT2D eigenvalue weighted by Crippen LogP contribution is -2.35. The molecular weight excluding hydrogens is 179 g/mol. The zero-order valence-electron chi connectivity index (χ0n) is 8.92. The predicted molar refractivity (Wildman–Crippen MR) is 58.2 cm³/mol. The SMILES string of the molecule is CNC(C)CN(C)c1cccc(F)c1. The van der Waals surface area contributed by atoms with Gasteiger partial charge in [0.1, 0.15) is 5.82 Å². The number of nitrogens with one attached hydrogen (secondary N) is 1. The summed E-state index contributed by atoms with van der Waals surface area (Å²) in [5.41, 5.74) is 0.909. The quantitative estimate of drug-likeness (QED) is 0.791. The van der Waals surface area contributed by atoms with Gasteiger partial charge >= 0.3 is 0 Å². The Morgan fingerprint density at radius 2 is 2.21 bits per heavy atom. The minimum absolute atomic E-state index is 0.188. The highest BCUT2D eigenvalue weighted by Crippen LogP contribution is 2.13. The van der Waals surface area contributed by atoms with Crippen molar-refractivity contribution in [1.82, 2.24) is 5.32 Å². The van der Waals surface area contributed by atoms with E-state index in [9.17, 15) is 4.39 Å². The Balaban J connectivity index is 2.64. The first-order valence-electron chi connectivity index (χ1n) is 4.77. The average Bonchev–Trinajstić information content (AvgIpc) is 2.17. The van der Waals surface area contributed by atoms with Crippen LogP contribution in [0.15, 0.2) is 24.3 Å². The number of nitrogens with zero attached hydrogens (tertiary/aromatic N) is 1. The van der Waals surface area contributed by atoms with Crippen LogP contribution >= 0.6 is 0 Å². The molecule has 1 rings (SSSR count). The fraction of sp³-hybridized carbons (Fsp3) is 0.455. The number of anilines is 1. The normalized spacial score (nSPS) is 12.6. The van der Waals surface area contributed by atoms with E-state index in [1.54, 1.807) is 12.1 Å². The van der Waals surface area contributed by atoms with Gasteiger partial charge < -0.3 is 10.2 Å². The van der Waals surface area contributed by atoms with Crippen LogP contribution in [0.25, 0.3) is 0 Å². The Kier molecular flexibility index (Phi) is 3.89. The third-order valence-electron chi connectivity index (χ3n) is 2.29. The molecule has 0 amide bonds. The first-order valence-corrected chi connectivity index (χ1v) is 4.77. The predicted octanol–water partition coefficient (Wildman–Crippen LogP) is 1.87. The number of hydrogen-bond acceptors (Lipinski definition) is 2. The van der Waals surface area contributed by atoms with Crippen molar-refractivity contribution in [2.75, 3.05) is 25.5 Å². The molecule has 0 spiro atoms. The average molecular weight is 196 g/mol. The van der Waals surface area contributed by atoms with E-state index in [2.05, 4.69) is 12.2 Å². The van der Waals surface area contributed by atoms with E-state index in [1.807, 2.05) is 25.1 Å². The molecule has 0 aliphatic carbocycles. The van der Waals surface area contributed by atoms with Crippen LogP contribution in [0.2, 0.25) is 0 Å². The first-order chi connectivity index (χ1) is 6.63. The molecule has 1 atom stereocenters. The Morgan fingerprint density at radius 3 is 2.79 bits per heavy atom. The van der Waals surface area contributed by atoms with Crippen molar-refractivity contribution in [3.05, 3.63) is 30.1 Å². The van der Waals surface area contributed by atoms with Gasteiger partial charge in [0, 0.05) is 25.3 Å². The summed E-state index contributed by atoms with van der Waals surface area (Å²) in [5, 5.41) is 3.14. The van der Waals surface area contributed by atoms with Gasteiger partial charge in [-0.15, -0.1) is 0 Å². The van der Waals surface area contributed by atoms with E-state index in [0.29, 0.717) is 6.04 Å². The zero-order chi connectivity index (χ0) is 10.6. The van der Waals surface area contributed by atoms with Crippen LogP contribution < -0.4 is 10.2 Å². The smallest absolute Gasteiger partial charge is 0.125 e. The second-order valence-electron chi connectivity index (χ2n) is 3.55. The molecule has 0 aromatic heterocycles. The summed E-state index contributed by atoms with van der Waals surface area (Å²) in [6.07, 6.45) is 0. The lowest BCUT2D eigenvalue weighted by Gasteiger charge is -2.23. The molecule has 0 radical (unpaired) electrons. The van der Waals surface area contributed by atoms with Crippen molar-refractivity contribution in [3.63, 3.8) is 0 Å². The van der Waals surface area contributed by atoms with E-state index in [4.69, 9.17) is 0 Å². The Morgan fingerprint density at radius 1 is 1.50 bits per heavy atom. The van der Waals surface area contributed by atoms with Gasteiger partial charge in [0.2, 0.25) is 0 Å². The van der Waals surface area contributed by atoms with Crippen molar-refractivity contribution in [2.45, 2.75) is 13.0 Å². The summed E-state index contributed by atoms with van der Waals surface area (Å²) >= 11 is 0. The van der Waals surface area contributed by atoms with Gasteiger partial charge in [0.25, 0.3) is 0 Å². The van der Waals surface area contributed by atoms with Gasteiger partial charge in [0.05, 0.1) is 0 Å². The maximum Gasteiger partial charge on any atom is 0.125 e. The Hall–Kier alpha value is -1.09. The molecule has 0 aliphatic rings. The molecule has 0 aliphatic heterocycles. The van der Waals surface area contributed by atoms with Gasteiger partial charge in [-0.05, 0) is 32.2 Å². The van der Waals surface area contributed by atoms with Crippen molar-refractivity contribution in [2.24, 2.45) is 0 Å². The standard InChI is InChI=1S/C11H17FN2/c1-9(13-2)8-14(3)11-6-4-5-10(12)7-11/h4-7,9,13H,8H2,1-3H3. The number of rotatable bonds is 4. The van der Waals surface area contributed by atoms with Gasteiger partial charge in [-0.1, -0.05) is 6.07 Å². The van der Waals surface area contributed by atoms with Crippen molar-refractivity contribution in [3.8, 4) is 0 Å². The van der Waals surface area contributed by atoms with Gasteiger partial charge in [0.15, 0.2) is 0 Å². The molecule has 1 aromatic rings. The van der Waals surface area contributed by atoms with Gasteiger partial charge in [-0.3, -0.25) is 0 Å². The van der Waals surface area contributed by atoms with E-state index >= 15 is 0 Å². The third kappa shape index (κ3) is 3.00. The molecule has 1 N–H and O–H groups in total. The third-order valence-corrected chi connectivity index (χ3v) is 2.29. The molecule has 3 heteroatoms. The van der Waals surface area contributed by atoms with Gasteiger partial charge in [-0.25, -0.2) is 4.39 Å². The molecule has 1 unspecified atom stereocenters. The topological polar surface area (TPSA) is 15.3 Å². The van der Waals surface area contributed by atoms with E-state index < -0.39 is 0 Å². The molecule has 0 heterocycles. The molecular formula is C11H17FN2. The molecule has 0 saturated heterocycles. The first kappa shape index (κ1) is 11.0. The molecule has 1 aromatic carbocycles. The van der Waals surface area contributed by atoms with Crippen LogP contribution in [0.3, 0.4) is 0 Å². The fourth-order valence-corrected chi connectivity index (χ4v) is 1.32. The van der Waals surface area contributed by atoms with Crippen molar-refractivity contribution < 1.29 is 4.39 Å². The molecule has 0 saturated carbocycles. The second-order valence-corrected chi connectivity index (χ2v) is 3.55. The maximum atomic E-state index is 12.9. The van der Waals surface area contributed by atoms with Crippen LogP contribution in [0.4, 0.5) is 10.1 Å². The summed E-state index contributed by atoms with van der Waals surface area (Å²) < 4.78 is 12.9. The largest absolute Gasteiger partial charge is 0.373 e. The zero-order valence-corrected chi connectivity index (χ0v) is 8.92. The molecule has 2 nitrogen and oxygen atoms in total. The summed E-state index contributed by atoms with van der Waals surface area (Å²) in [7, 11) is 3.88. The molecule has 14 heavy (non-hydrogen) atoms.